The van der Waals surface area contributed by atoms with E-state index >= 15 is 0 Å². The van der Waals surface area contributed by atoms with E-state index in [1.165, 1.54) is 22.7 Å². The summed E-state index contributed by atoms with van der Waals surface area (Å²) in [6.45, 7) is 7.21. The summed E-state index contributed by atoms with van der Waals surface area (Å²) in [6.07, 6.45) is 2.51. The molecule has 0 saturated heterocycles. The van der Waals surface area contributed by atoms with Gasteiger partial charge in [0.15, 0.2) is 5.75 Å². The SMILES string of the molecule is CC(C)Oc1ccc(-c2nnc(-c3cccc4c3CC[C@H]4NS(=O)(=O)CCO)s2)cc1C#N.COC(=O)CS(=O)(=O)N[C@@H]1CCc2c(-c3nnc(-c4ccc(OC(C)C)c(C#N)c4)s3)cccc21. The number of sulfonamides is 2. The van der Waals surface area contributed by atoms with Crippen LogP contribution in [-0.4, -0.2) is 85.7 Å². The van der Waals surface area contributed by atoms with Crippen molar-refractivity contribution in [1.82, 2.24) is 29.8 Å². The topological polar surface area (TPSA) is 256 Å². The molecule has 0 spiro atoms. The highest BCUT2D eigenvalue weighted by molar-refractivity contribution is 7.90. The number of nitrogens with one attached hydrogen (secondary N) is 2. The monoisotopic (exact) mass is 996 g/mol. The third-order valence-electron chi connectivity index (χ3n) is 10.8. The Balaban J connectivity index is 0.000000202. The van der Waals surface area contributed by atoms with Crippen LogP contribution >= 0.6 is 22.7 Å². The molecule has 0 unspecified atom stereocenters. The van der Waals surface area contributed by atoms with E-state index in [1.54, 1.807) is 24.3 Å². The summed E-state index contributed by atoms with van der Waals surface area (Å²) in [5.74, 6) is -0.784. The zero-order valence-electron chi connectivity index (χ0n) is 37.7. The number of methoxy groups -OCH3 is 1. The lowest BCUT2D eigenvalue weighted by Crippen LogP contribution is -2.33. The molecule has 2 atom stereocenters. The molecule has 2 aliphatic carbocycles. The molecule has 4 aromatic carbocycles. The van der Waals surface area contributed by atoms with Crippen LogP contribution < -0.4 is 18.9 Å². The highest BCUT2D eigenvalue weighted by Crippen LogP contribution is 2.42. The van der Waals surface area contributed by atoms with Gasteiger partial charge in [0.25, 0.3) is 0 Å². The van der Waals surface area contributed by atoms with Gasteiger partial charge in [-0.25, -0.2) is 26.3 Å². The van der Waals surface area contributed by atoms with Crippen molar-refractivity contribution in [2.75, 3.05) is 25.2 Å². The molecular weight excluding hydrogens is 949 g/mol. The van der Waals surface area contributed by atoms with E-state index in [1.807, 2.05) is 76.2 Å². The van der Waals surface area contributed by atoms with Gasteiger partial charge in [-0.05, 0) is 112 Å². The number of nitrogens with zero attached hydrogens (tertiary/aromatic N) is 6. The Morgan fingerprint density at radius 2 is 1.15 bits per heavy atom. The fraction of sp³-hybridized carbons (Fsp3) is 0.340. The lowest BCUT2D eigenvalue weighted by Gasteiger charge is -2.14. The second-order valence-electron chi connectivity index (χ2n) is 16.3. The first kappa shape index (κ1) is 49.7. The summed E-state index contributed by atoms with van der Waals surface area (Å²) in [4.78, 5) is 11.4. The van der Waals surface area contributed by atoms with Crippen LogP contribution in [0.5, 0.6) is 11.5 Å². The zero-order valence-corrected chi connectivity index (χ0v) is 41.0. The number of carbonyl (C=O) groups excluding carboxylic acids is 1. The molecule has 6 aromatic rings. The normalized spacial score (nSPS) is 15.2. The van der Waals surface area contributed by atoms with Gasteiger partial charge in [-0.1, -0.05) is 59.1 Å². The minimum atomic E-state index is -3.83. The predicted molar refractivity (Wildman–Crippen MR) is 258 cm³/mol. The first-order valence-corrected chi connectivity index (χ1v) is 26.5. The number of aliphatic hydroxyl groups is 1. The maximum absolute atomic E-state index is 12.4. The molecule has 21 heteroatoms. The van der Waals surface area contributed by atoms with Crippen molar-refractivity contribution in [2.24, 2.45) is 0 Å². The smallest absolute Gasteiger partial charge is 0.322 e. The lowest BCUT2D eigenvalue weighted by molar-refractivity contribution is -0.137. The molecule has 2 heterocycles. The Morgan fingerprint density at radius 1 is 0.706 bits per heavy atom. The number of benzene rings is 4. The van der Waals surface area contributed by atoms with E-state index in [2.05, 4.69) is 46.7 Å². The summed E-state index contributed by atoms with van der Waals surface area (Å²) < 4.78 is 70.1. The number of aromatic nitrogens is 4. The molecule has 0 bridgehead atoms. The van der Waals surface area contributed by atoms with E-state index in [0.717, 1.165) is 56.6 Å². The molecule has 17 nitrogen and oxygen atoms in total. The third-order valence-corrected chi connectivity index (χ3v) is 15.4. The fourth-order valence-electron chi connectivity index (χ4n) is 7.93. The molecule has 354 valence electrons. The van der Waals surface area contributed by atoms with Crippen molar-refractivity contribution in [3.8, 4) is 65.9 Å². The highest BCUT2D eigenvalue weighted by atomic mass is 32.2. The molecule has 0 aliphatic heterocycles. The number of aliphatic hydroxyl groups excluding tert-OH is 1. The Bertz CT molecular complexity index is 3140. The number of carbonyl (C=O) groups is 1. The number of esters is 1. The van der Waals surface area contributed by atoms with Crippen LogP contribution in [0, 0.1) is 22.7 Å². The molecule has 0 amide bonds. The van der Waals surface area contributed by atoms with E-state index < -0.39 is 44.4 Å². The quantitative estimate of drug-likeness (QED) is 0.0822. The van der Waals surface area contributed by atoms with Crippen LogP contribution in [0.1, 0.15) is 86.0 Å². The minimum Gasteiger partial charge on any atom is -0.490 e. The van der Waals surface area contributed by atoms with Crippen LogP contribution in [0.4, 0.5) is 0 Å². The molecule has 2 aromatic heterocycles. The molecule has 8 rings (SSSR count). The van der Waals surface area contributed by atoms with Crippen LogP contribution in [0.2, 0.25) is 0 Å². The van der Waals surface area contributed by atoms with Crippen molar-refractivity contribution >= 4 is 48.7 Å². The van der Waals surface area contributed by atoms with E-state index in [0.29, 0.717) is 63.3 Å². The molecule has 0 radical (unpaired) electrons. The van der Waals surface area contributed by atoms with Gasteiger partial charge < -0.3 is 19.3 Å². The molecule has 2 aliphatic rings. The first-order valence-electron chi connectivity index (χ1n) is 21.5. The second kappa shape index (κ2) is 21.4. The van der Waals surface area contributed by atoms with Gasteiger partial charge in [0, 0.05) is 34.3 Å². The second-order valence-corrected chi connectivity index (χ2v) is 21.9. The van der Waals surface area contributed by atoms with Crippen LogP contribution in [-0.2, 0) is 42.4 Å². The average molecular weight is 997 g/mol. The number of fused-ring (bicyclic) bond motifs is 2. The predicted octanol–water partition coefficient (Wildman–Crippen LogP) is 7.04. The number of ether oxygens (including phenoxy) is 3. The fourth-order valence-corrected chi connectivity index (χ4v) is 11.9. The number of nitriles is 2. The van der Waals surface area contributed by atoms with Crippen LogP contribution in [0.25, 0.3) is 42.3 Å². The summed E-state index contributed by atoms with van der Waals surface area (Å²) in [7, 11) is -6.23. The molecular formula is C47H48N8O9S4. The summed E-state index contributed by atoms with van der Waals surface area (Å²) in [6, 6.07) is 25.8. The van der Waals surface area contributed by atoms with Gasteiger partial charge >= 0.3 is 5.97 Å². The van der Waals surface area contributed by atoms with Gasteiger partial charge in [-0.2, -0.15) is 10.5 Å². The largest absolute Gasteiger partial charge is 0.490 e. The van der Waals surface area contributed by atoms with Crippen molar-refractivity contribution in [1.29, 1.82) is 10.5 Å². The van der Waals surface area contributed by atoms with E-state index in [4.69, 9.17) is 14.6 Å². The molecule has 3 N–H and O–H groups in total. The molecule has 68 heavy (non-hydrogen) atoms. The van der Waals surface area contributed by atoms with Crippen molar-refractivity contribution in [3.05, 3.63) is 106 Å². The van der Waals surface area contributed by atoms with Crippen molar-refractivity contribution in [3.63, 3.8) is 0 Å². The summed E-state index contributed by atoms with van der Waals surface area (Å²) in [5, 5.41) is 48.2. The Hall–Kier alpha value is -6.17. The van der Waals surface area contributed by atoms with Crippen molar-refractivity contribution < 1.29 is 40.9 Å². The summed E-state index contributed by atoms with van der Waals surface area (Å²) >= 11 is 2.82. The number of hydrogen-bond acceptors (Lipinski definition) is 17. The molecule has 0 saturated carbocycles. The van der Waals surface area contributed by atoms with Gasteiger partial charge in [-0.15, -0.1) is 20.4 Å². The van der Waals surface area contributed by atoms with Gasteiger partial charge in [0.1, 0.15) is 43.7 Å². The molecule has 0 fully saturated rings. The lowest BCUT2D eigenvalue weighted by atomic mass is 10.0. The van der Waals surface area contributed by atoms with Gasteiger partial charge in [-0.3, -0.25) is 4.79 Å². The Morgan fingerprint density at radius 3 is 1.56 bits per heavy atom. The van der Waals surface area contributed by atoms with Gasteiger partial charge in [0.05, 0.1) is 42.8 Å². The third kappa shape index (κ3) is 11.7. The maximum Gasteiger partial charge on any atom is 0.322 e. The number of hydrogen-bond donors (Lipinski definition) is 3. The van der Waals surface area contributed by atoms with E-state index in [9.17, 15) is 32.2 Å². The number of rotatable bonds is 16. The first-order chi connectivity index (χ1) is 32.5. The Kier molecular flexibility index (Phi) is 15.7. The maximum atomic E-state index is 12.4. The van der Waals surface area contributed by atoms with Crippen molar-refractivity contribution in [2.45, 2.75) is 77.7 Å². The minimum absolute atomic E-state index is 0.0341. The average Bonchev–Trinajstić information content (AvgIpc) is 4.14. The van der Waals surface area contributed by atoms with Gasteiger partial charge in [0.2, 0.25) is 20.0 Å². The standard InChI is InChI=1S/C24H24N4O5S2.C23H24N4O4S2/c1-14(2)33-21-10-7-15(11-16(21)12-25)23-26-27-24(34-23)19-6-4-5-18-17(19)8-9-20(18)28-35(30,31)13-22(29)32-3;1-14(2)31-21-9-6-15(12-16(21)13-24)22-25-26-23(32-22)19-5-3-4-18-17(19)7-8-20(18)27-33(29,30)11-10-28/h4-7,10-11,14,20,28H,8-9,13H2,1-3H3;3-6,9,12,14,20,27-28H,7-8,10-11H2,1-2H3/t2*20-/m11/s1. The Labute approximate surface area is 402 Å². The van der Waals surface area contributed by atoms with Crippen LogP contribution in [0.3, 0.4) is 0 Å². The van der Waals surface area contributed by atoms with Crippen LogP contribution in [0.15, 0.2) is 72.8 Å². The van der Waals surface area contributed by atoms with E-state index in [-0.39, 0.29) is 24.0 Å². The zero-order chi connectivity index (χ0) is 48.8. The summed E-state index contributed by atoms with van der Waals surface area (Å²) in [5.41, 5.74) is 8.07. The highest BCUT2D eigenvalue weighted by Gasteiger charge is 2.31.